The molecule has 1 atom stereocenters. The molecule has 1 rings (SSSR count). The molecule has 0 aliphatic carbocycles. The Morgan fingerprint density at radius 1 is 0.955 bits per heavy atom. The second kappa shape index (κ2) is 11.8. The highest BCUT2D eigenvalue weighted by molar-refractivity contribution is 7.99. The first-order chi connectivity index (χ1) is 10.6. The third kappa shape index (κ3) is 8.02. The van der Waals surface area contributed by atoms with E-state index in [-0.39, 0.29) is 11.8 Å². The highest BCUT2D eigenvalue weighted by atomic mass is 32.2. The monoisotopic (exact) mass is 327 g/mol. The smallest absolute Gasteiger partial charge is 0.193 e. The number of hydrogen-bond acceptors (Lipinski definition) is 3. The predicted octanol–water partition coefficient (Wildman–Crippen LogP) is 5.55. The minimum absolute atomic E-state index is 0.147. The van der Waals surface area contributed by atoms with E-state index in [1.54, 1.807) is 4.57 Å². The van der Waals surface area contributed by atoms with Crippen molar-refractivity contribution in [3.8, 4) is 11.8 Å². The van der Waals surface area contributed by atoms with E-state index in [4.69, 9.17) is 0 Å². The van der Waals surface area contributed by atoms with Crippen molar-refractivity contribution >= 4 is 11.8 Å². The minimum atomic E-state index is 0.147. The molecule has 1 aromatic rings. The van der Waals surface area contributed by atoms with Crippen molar-refractivity contribution in [1.82, 2.24) is 4.57 Å². The predicted molar refractivity (Wildman–Crippen MR) is 96.9 cm³/mol. The first-order valence-electron chi connectivity index (χ1n) is 8.84. The Hall–Kier alpha value is -0.770. The van der Waals surface area contributed by atoms with Crippen LogP contribution in [0.3, 0.4) is 0 Å². The van der Waals surface area contributed by atoms with E-state index in [1.165, 1.54) is 69.9 Å². The van der Waals surface area contributed by atoms with Crippen LogP contribution in [-0.4, -0.2) is 25.8 Å². The molecule has 0 radical (unpaired) electrons. The Morgan fingerprint density at radius 2 is 1.50 bits per heavy atom. The van der Waals surface area contributed by atoms with Crippen LogP contribution in [0.25, 0.3) is 0 Å². The van der Waals surface area contributed by atoms with E-state index >= 15 is 0 Å². The van der Waals surface area contributed by atoms with Crippen LogP contribution in [0.5, 0.6) is 11.8 Å². The van der Waals surface area contributed by atoms with Crippen molar-refractivity contribution in [3.63, 3.8) is 0 Å². The molecule has 1 aromatic heterocycles. The largest absolute Gasteiger partial charge is 0.494 e. The summed E-state index contributed by atoms with van der Waals surface area (Å²) in [6, 6.07) is 3.06. The molecule has 22 heavy (non-hydrogen) atoms. The summed E-state index contributed by atoms with van der Waals surface area (Å²) in [5.41, 5.74) is 0. The van der Waals surface area contributed by atoms with Crippen LogP contribution in [0, 0.1) is 0 Å². The summed E-state index contributed by atoms with van der Waals surface area (Å²) in [5, 5.41) is 19.8. The standard InChI is InChI=1S/C18H33NO2S/c1-3-4-5-6-7-8-9-10-11-16(2)22-15-14-19-17(20)12-13-18(19)21/h12-13,16,20-21H,3-11,14-15H2,1-2H3. The summed E-state index contributed by atoms with van der Waals surface area (Å²) in [4.78, 5) is 0. The molecule has 0 saturated heterocycles. The van der Waals surface area contributed by atoms with Crippen LogP contribution in [0.4, 0.5) is 0 Å². The SMILES string of the molecule is CCCCCCCCCCC(C)SCCn1c(O)ccc1O. The fourth-order valence-corrected chi connectivity index (χ4v) is 3.69. The number of rotatable bonds is 13. The molecule has 0 spiro atoms. The molecule has 0 aliphatic rings. The normalized spacial score (nSPS) is 12.6. The second-order valence-electron chi connectivity index (χ2n) is 6.15. The average Bonchev–Trinajstić information content (AvgIpc) is 2.82. The van der Waals surface area contributed by atoms with Crippen LogP contribution < -0.4 is 0 Å². The molecule has 4 heteroatoms. The zero-order valence-electron chi connectivity index (χ0n) is 14.3. The lowest BCUT2D eigenvalue weighted by Crippen LogP contribution is -2.03. The van der Waals surface area contributed by atoms with Gasteiger partial charge in [0, 0.05) is 29.7 Å². The van der Waals surface area contributed by atoms with E-state index in [9.17, 15) is 10.2 Å². The summed E-state index contributed by atoms with van der Waals surface area (Å²) >= 11 is 1.92. The lowest BCUT2D eigenvalue weighted by atomic mass is 10.1. The fourth-order valence-electron chi connectivity index (χ4n) is 2.67. The Bertz CT molecular complexity index is 373. The number of aromatic nitrogens is 1. The van der Waals surface area contributed by atoms with Gasteiger partial charge in [-0.15, -0.1) is 0 Å². The molecule has 1 unspecified atom stereocenters. The van der Waals surface area contributed by atoms with Gasteiger partial charge in [-0.1, -0.05) is 65.2 Å². The fraction of sp³-hybridized carbons (Fsp3) is 0.778. The van der Waals surface area contributed by atoms with E-state index in [0.717, 1.165) is 5.75 Å². The molecule has 2 N–H and O–H groups in total. The molecular formula is C18H33NO2S. The Kier molecular flexibility index (Phi) is 10.3. The second-order valence-corrected chi connectivity index (χ2v) is 7.69. The first-order valence-corrected chi connectivity index (χ1v) is 9.89. The average molecular weight is 328 g/mol. The quantitative estimate of drug-likeness (QED) is 0.467. The lowest BCUT2D eigenvalue weighted by Gasteiger charge is -2.12. The maximum absolute atomic E-state index is 9.57. The summed E-state index contributed by atoms with van der Waals surface area (Å²) in [7, 11) is 0. The molecule has 128 valence electrons. The highest BCUT2D eigenvalue weighted by Crippen LogP contribution is 2.23. The van der Waals surface area contributed by atoms with E-state index < -0.39 is 0 Å². The molecule has 0 aromatic carbocycles. The number of thioether (sulfide) groups is 1. The van der Waals surface area contributed by atoms with Crippen LogP contribution in [0.2, 0.25) is 0 Å². The Morgan fingerprint density at radius 3 is 2.09 bits per heavy atom. The van der Waals surface area contributed by atoms with Gasteiger partial charge in [0.05, 0.1) is 0 Å². The van der Waals surface area contributed by atoms with Gasteiger partial charge < -0.3 is 10.2 Å². The third-order valence-electron chi connectivity index (χ3n) is 4.12. The van der Waals surface area contributed by atoms with Gasteiger partial charge in [0.1, 0.15) is 0 Å². The van der Waals surface area contributed by atoms with E-state index in [2.05, 4.69) is 13.8 Å². The van der Waals surface area contributed by atoms with Gasteiger partial charge in [0.15, 0.2) is 11.8 Å². The lowest BCUT2D eigenvalue weighted by molar-refractivity contribution is 0.374. The third-order valence-corrected chi connectivity index (χ3v) is 5.34. The Labute approximate surface area is 140 Å². The zero-order valence-corrected chi connectivity index (χ0v) is 15.1. The number of aromatic hydroxyl groups is 2. The van der Waals surface area contributed by atoms with Gasteiger partial charge >= 0.3 is 0 Å². The summed E-state index contributed by atoms with van der Waals surface area (Å²) in [6.07, 6.45) is 12.2. The first kappa shape index (κ1) is 19.3. The minimum Gasteiger partial charge on any atom is -0.494 e. The topological polar surface area (TPSA) is 45.4 Å². The number of unbranched alkanes of at least 4 members (excludes halogenated alkanes) is 7. The van der Waals surface area contributed by atoms with E-state index in [0.29, 0.717) is 11.8 Å². The van der Waals surface area contributed by atoms with Crippen molar-refractivity contribution in [2.45, 2.75) is 83.4 Å². The Balaban J connectivity index is 1.96. The van der Waals surface area contributed by atoms with Crippen LogP contribution in [0.15, 0.2) is 12.1 Å². The highest BCUT2D eigenvalue weighted by Gasteiger charge is 2.07. The maximum atomic E-state index is 9.57. The molecule has 3 nitrogen and oxygen atoms in total. The molecule has 1 heterocycles. The molecule has 0 bridgehead atoms. The van der Waals surface area contributed by atoms with Gasteiger partial charge in [0.25, 0.3) is 0 Å². The molecular weight excluding hydrogens is 294 g/mol. The van der Waals surface area contributed by atoms with Crippen LogP contribution >= 0.6 is 11.8 Å². The number of nitrogens with zero attached hydrogens (tertiary/aromatic N) is 1. The molecule has 0 amide bonds. The van der Waals surface area contributed by atoms with Crippen molar-refractivity contribution in [1.29, 1.82) is 0 Å². The molecule has 0 aliphatic heterocycles. The van der Waals surface area contributed by atoms with Crippen molar-refractivity contribution in [3.05, 3.63) is 12.1 Å². The molecule has 0 fully saturated rings. The van der Waals surface area contributed by atoms with Gasteiger partial charge in [0.2, 0.25) is 0 Å². The number of hydrogen-bond donors (Lipinski definition) is 2. The van der Waals surface area contributed by atoms with Gasteiger partial charge in [-0.2, -0.15) is 11.8 Å². The molecule has 0 saturated carbocycles. The van der Waals surface area contributed by atoms with Crippen LogP contribution in [0.1, 0.15) is 71.6 Å². The van der Waals surface area contributed by atoms with E-state index in [1.807, 2.05) is 11.8 Å². The summed E-state index contributed by atoms with van der Waals surface area (Å²) in [5.74, 6) is 1.22. The summed E-state index contributed by atoms with van der Waals surface area (Å²) in [6.45, 7) is 5.20. The van der Waals surface area contributed by atoms with Crippen molar-refractivity contribution in [2.24, 2.45) is 0 Å². The van der Waals surface area contributed by atoms with Crippen molar-refractivity contribution < 1.29 is 10.2 Å². The van der Waals surface area contributed by atoms with Gasteiger partial charge in [-0.05, 0) is 6.42 Å². The van der Waals surface area contributed by atoms with Gasteiger partial charge in [-0.25, -0.2) is 0 Å². The zero-order chi connectivity index (χ0) is 16.2. The maximum Gasteiger partial charge on any atom is 0.193 e. The van der Waals surface area contributed by atoms with Gasteiger partial charge in [-0.3, -0.25) is 4.57 Å². The summed E-state index contributed by atoms with van der Waals surface area (Å²) < 4.78 is 1.55. The van der Waals surface area contributed by atoms with Crippen LogP contribution in [-0.2, 0) is 6.54 Å². The van der Waals surface area contributed by atoms with Crippen molar-refractivity contribution in [2.75, 3.05) is 5.75 Å².